The lowest BCUT2D eigenvalue weighted by atomic mass is 10.2. The summed E-state index contributed by atoms with van der Waals surface area (Å²) in [6.07, 6.45) is 0. The Morgan fingerprint density at radius 2 is 1.76 bits per heavy atom. The molecule has 2 rings (SSSR count). The van der Waals surface area contributed by atoms with E-state index in [1.165, 1.54) is 18.2 Å². The van der Waals surface area contributed by atoms with Gasteiger partial charge < -0.3 is 5.32 Å². The van der Waals surface area contributed by atoms with Gasteiger partial charge >= 0.3 is 0 Å². The molecule has 0 saturated heterocycles. The molecule has 0 aliphatic carbocycles. The summed E-state index contributed by atoms with van der Waals surface area (Å²) in [6.45, 7) is 0.0120. The predicted octanol–water partition coefficient (Wildman–Crippen LogP) is 4.39. The Morgan fingerprint density at radius 1 is 1.14 bits per heavy atom. The number of nitro benzene ring substituents is 1. The Labute approximate surface area is 125 Å². The van der Waals surface area contributed by atoms with E-state index in [2.05, 4.69) is 21.2 Å². The minimum atomic E-state index is -1.05. The van der Waals surface area contributed by atoms with Crippen LogP contribution in [0.15, 0.2) is 34.8 Å². The molecule has 2 aromatic carbocycles. The van der Waals surface area contributed by atoms with E-state index in [1.807, 2.05) is 0 Å². The highest BCUT2D eigenvalue weighted by atomic mass is 79.9. The maximum absolute atomic E-state index is 13.4. The predicted molar refractivity (Wildman–Crippen MR) is 74.4 cm³/mol. The van der Waals surface area contributed by atoms with Gasteiger partial charge in [-0.15, -0.1) is 0 Å². The van der Waals surface area contributed by atoms with Gasteiger partial charge in [0.25, 0.3) is 5.69 Å². The molecule has 0 aliphatic rings. The highest BCUT2D eigenvalue weighted by molar-refractivity contribution is 9.10. The van der Waals surface area contributed by atoms with Crippen LogP contribution in [0.1, 0.15) is 5.56 Å². The monoisotopic (exact) mass is 360 g/mol. The normalized spacial score (nSPS) is 10.5. The summed E-state index contributed by atoms with van der Waals surface area (Å²) in [6, 6.07) is 5.15. The summed E-state index contributed by atoms with van der Waals surface area (Å²) in [5, 5.41) is 13.1. The molecule has 0 fully saturated rings. The van der Waals surface area contributed by atoms with Gasteiger partial charge in [0.15, 0.2) is 11.6 Å². The Hall–Kier alpha value is -2.09. The average molecular weight is 361 g/mol. The van der Waals surface area contributed by atoms with E-state index in [-0.39, 0.29) is 12.2 Å². The Kier molecular flexibility index (Phi) is 4.46. The number of nitrogens with one attached hydrogen (secondary N) is 1. The van der Waals surface area contributed by atoms with Crippen LogP contribution in [0.3, 0.4) is 0 Å². The Bertz CT molecular complexity index is 687. The van der Waals surface area contributed by atoms with Crippen molar-refractivity contribution in [2.75, 3.05) is 5.32 Å². The molecule has 21 heavy (non-hydrogen) atoms. The van der Waals surface area contributed by atoms with Crippen molar-refractivity contribution in [1.82, 2.24) is 0 Å². The topological polar surface area (TPSA) is 55.2 Å². The van der Waals surface area contributed by atoms with Crippen LogP contribution in [0, 0.1) is 27.6 Å². The third-order valence-electron chi connectivity index (χ3n) is 2.71. The quantitative estimate of drug-likeness (QED) is 0.649. The Balaban J connectivity index is 2.19. The minimum absolute atomic E-state index is 0.0120. The summed E-state index contributed by atoms with van der Waals surface area (Å²) in [5.74, 6) is -3.11. The number of non-ortho nitro benzene ring substituents is 1. The van der Waals surface area contributed by atoms with Crippen LogP contribution in [0.25, 0.3) is 0 Å². The van der Waals surface area contributed by atoms with Gasteiger partial charge in [-0.3, -0.25) is 10.1 Å². The molecule has 0 saturated carbocycles. The van der Waals surface area contributed by atoms with Crippen LogP contribution in [-0.2, 0) is 6.54 Å². The highest BCUT2D eigenvalue weighted by Crippen LogP contribution is 2.25. The van der Waals surface area contributed by atoms with Crippen LogP contribution in [0.4, 0.5) is 24.5 Å². The van der Waals surface area contributed by atoms with Gasteiger partial charge in [0.05, 0.1) is 4.92 Å². The van der Waals surface area contributed by atoms with Crippen LogP contribution in [0.2, 0.25) is 0 Å². The second-order valence-corrected chi connectivity index (χ2v) is 4.99. The van der Waals surface area contributed by atoms with E-state index in [1.54, 1.807) is 0 Å². The standard InChI is InChI=1S/C13H8BrF3N2O2/c14-10-5-9(19(20)21)2-1-7(10)6-18-13-11(16)3-8(15)4-12(13)17/h1-5,18H,6H2. The van der Waals surface area contributed by atoms with Gasteiger partial charge in [-0.25, -0.2) is 13.2 Å². The number of nitro groups is 1. The van der Waals surface area contributed by atoms with E-state index in [0.29, 0.717) is 22.2 Å². The minimum Gasteiger partial charge on any atom is -0.376 e. The third-order valence-corrected chi connectivity index (χ3v) is 3.45. The van der Waals surface area contributed by atoms with Gasteiger partial charge in [0.2, 0.25) is 0 Å². The van der Waals surface area contributed by atoms with Crippen molar-refractivity contribution in [1.29, 1.82) is 0 Å². The molecule has 0 unspecified atom stereocenters. The summed E-state index contributed by atoms with van der Waals surface area (Å²) in [7, 11) is 0. The van der Waals surface area contributed by atoms with Crippen LogP contribution in [0.5, 0.6) is 0 Å². The first kappa shape index (κ1) is 15.3. The molecule has 2 aromatic rings. The average Bonchev–Trinajstić information content (AvgIpc) is 2.38. The first-order chi connectivity index (χ1) is 9.88. The molecule has 0 aromatic heterocycles. The lowest BCUT2D eigenvalue weighted by Gasteiger charge is -2.10. The molecule has 0 aliphatic heterocycles. The molecule has 0 amide bonds. The fourth-order valence-electron chi connectivity index (χ4n) is 1.69. The van der Waals surface area contributed by atoms with Crippen LogP contribution in [-0.4, -0.2) is 4.92 Å². The number of hydrogen-bond acceptors (Lipinski definition) is 3. The number of anilines is 1. The number of hydrogen-bond donors (Lipinski definition) is 1. The molecular formula is C13H8BrF3N2O2. The third kappa shape index (κ3) is 3.52. The zero-order valence-electron chi connectivity index (χ0n) is 10.4. The second-order valence-electron chi connectivity index (χ2n) is 4.13. The number of nitrogens with zero attached hydrogens (tertiary/aromatic N) is 1. The van der Waals surface area contributed by atoms with Crippen molar-refractivity contribution in [3.63, 3.8) is 0 Å². The Morgan fingerprint density at radius 3 is 2.29 bits per heavy atom. The lowest BCUT2D eigenvalue weighted by Crippen LogP contribution is -2.05. The van der Waals surface area contributed by atoms with Crippen molar-refractivity contribution >= 4 is 27.3 Å². The van der Waals surface area contributed by atoms with Gasteiger partial charge in [0.1, 0.15) is 11.5 Å². The second kappa shape index (κ2) is 6.13. The van der Waals surface area contributed by atoms with Gasteiger partial charge in [-0.2, -0.15) is 0 Å². The first-order valence-electron chi connectivity index (χ1n) is 5.69. The fraction of sp³-hybridized carbons (Fsp3) is 0.0769. The molecule has 1 N–H and O–H groups in total. The lowest BCUT2D eigenvalue weighted by molar-refractivity contribution is -0.384. The van der Waals surface area contributed by atoms with Crippen molar-refractivity contribution in [2.24, 2.45) is 0 Å². The molecule has 0 spiro atoms. The molecule has 110 valence electrons. The molecule has 0 radical (unpaired) electrons. The molecule has 0 bridgehead atoms. The van der Waals surface area contributed by atoms with Gasteiger partial charge in [-0.1, -0.05) is 15.9 Å². The summed E-state index contributed by atoms with van der Waals surface area (Å²) in [4.78, 5) is 10.0. The molecule has 0 heterocycles. The molecule has 4 nitrogen and oxygen atoms in total. The van der Waals surface area contributed by atoms with Crippen LogP contribution < -0.4 is 5.32 Å². The van der Waals surface area contributed by atoms with Gasteiger partial charge in [0, 0.05) is 35.3 Å². The molecular weight excluding hydrogens is 353 g/mol. The summed E-state index contributed by atoms with van der Waals surface area (Å²) >= 11 is 3.15. The zero-order chi connectivity index (χ0) is 15.6. The smallest absolute Gasteiger partial charge is 0.270 e. The maximum Gasteiger partial charge on any atom is 0.270 e. The van der Waals surface area contributed by atoms with Crippen molar-refractivity contribution in [2.45, 2.75) is 6.54 Å². The van der Waals surface area contributed by atoms with E-state index in [0.717, 1.165) is 0 Å². The van der Waals surface area contributed by atoms with E-state index in [4.69, 9.17) is 0 Å². The van der Waals surface area contributed by atoms with E-state index in [9.17, 15) is 23.3 Å². The van der Waals surface area contributed by atoms with Crippen molar-refractivity contribution in [3.05, 3.63) is 67.9 Å². The van der Waals surface area contributed by atoms with Crippen molar-refractivity contribution < 1.29 is 18.1 Å². The molecule has 0 atom stereocenters. The maximum atomic E-state index is 13.4. The van der Waals surface area contributed by atoms with Gasteiger partial charge in [-0.05, 0) is 11.6 Å². The largest absolute Gasteiger partial charge is 0.376 e. The summed E-state index contributed by atoms with van der Waals surface area (Å²) < 4.78 is 40.1. The number of halogens is 4. The fourth-order valence-corrected chi connectivity index (χ4v) is 2.19. The van der Waals surface area contributed by atoms with Crippen LogP contribution >= 0.6 is 15.9 Å². The number of benzene rings is 2. The van der Waals surface area contributed by atoms with E-state index >= 15 is 0 Å². The zero-order valence-corrected chi connectivity index (χ0v) is 12.0. The highest BCUT2D eigenvalue weighted by Gasteiger charge is 2.13. The first-order valence-corrected chi connectivity index (χ1v) is 6.49. The van der Waals surface area contributed by atoms with Crippen molar-refractivity contribution in [3.8, 4) is 0 Å². The molecule has 8 heteroatoms. The SMILES string of the molecule is O=[N+]([O-])c1ccc(CNc2c(F)cc(F)cc2F)c(Br)c1. The summed E-state index contributed by atoms with van der Waals surface area (Å²) in [5.41, 5.74) is -0.00449. The number of rotatable bonds is 4. The van der Waals surface area contributed by atoms with E-state index < -0.39 is 28.1 Å².